The lowest BCUT2D eigenvalue weighted by Gasteiger charge is -2.14. The van der Waals surface area contributed by atoms with Crippen molar-refractivity contribution in [2.24, 2.45) is 0 Å². The van der Waals surface area contributed by atoms with Crippen LogP contribution < -0.4 is 5.43 Å². The Balaban J connectivity index is 2.68. The molecule has 3 nitrogen and oxygen atoms in total. The molecule has 1 aliphatic rings. The Bertz CT molecular complexity index is 390. The molecule has 1 aromatic rings. The van der Waals surface area contributed by atoms with Crippen LogP contribution in [0.15, 0.2) is 9.21 Å². The molecule has 1 N–H and O–H groups in total. The minimum Gasteiger partial charge on any atom is -0.502 e. The highest BCUT2D eigenvalue weighted by molar-refractivity contribution is 5.32. The fourth-order valence-electron chi connectivity index (χ4n) is 1.77. The summed E-state index contributed by atoms with van der Waals surface area (Å²) in [5.41, 5.74) is 0.438. The first-order chi connectivity index (χ1) is 6.20. The standard InChI is InChI=1S/C10H12O3/c1-6-9(11)10(12)7-4-2-3-5-8(7)13-6/h11H,2-5H2,1H3. The first-order valence-electron chi connectivity index (χ1n) is 4.54. The van der Waals surface area contributed by atoms with Gasteiger partial charge in [0.2, 0.25) is 11.2 Å². The molecule has 0 saturated carbocycles. The molecule has 0 atom stereocenters. The lowest BCUT2D eigenvalue weighted by molar-refractivity contribution is 0.376. The van der Waals surface area contributed by atoms with Gasteiger partial charge < -0.3 is 9.52 Å². The molecule has 0 bridgehead atoms. The summed E-state index contributed by atoms with van der Waals surface area (Å²) in [7, 11) is 0. The molecule has 0 saturated heterocycles. The van der Waals surface area contributed by atoms with Crippen molar-refractivity contribution in [1.29, 1.82) is 0 Å². The van der Waals surface area contributed by atoms with Crippen LogP contribution in [0.25, 0.3) is 0 Å². The zero-order valence-corrected chi connectivity index (χ0v) is 7.59. The summed E-state index contributed by atoms with van der Waals surface area (Å²) in [6, 6.07) is 0. The van der Waals surface area contributed by atoms with Crippen molar-refractivity contribution in [2.45, 2.75) is 32.6 Å². The van der Waals surface area contributed by atoms with Crippen LogP contribution in [0.1, 0.15) is 29.9 Å². The lowest BCUT2D eigenvalue weighted by Crippen LogP contribution is -2.16. The minimum absolute atomic E-state index is 0.222. The van der Waals surface area contributed by atoms with Crippen LogP contribution >= 0.6 is 0 Å². The third-order valence-corrected chi connectivity index (χ3v) is 2.52. The van der Waals surface area contributed by atoms with Gasteiger partial charge in [-0.05, 0) is 26.2 Å². The van der Waals surface area contributed by atoms with E-state index in [0.717, 1.165) is 31.4 Å². The summed E-state index contributed by atoms with van der Waals surface area (Å²) in [5, 5.41) is 9.36. The van der Waals surface area contributed by atoms with Crippen LogP contribution in [0.3, 0.4) is 0 Å². The van der Waals surface area contributed by atoms with E-state index in [1.807, 2.05) is 0 Å². The number of aryl methyl sites for hydroxylation is 2. The molecule has 2 rings (SSSR count). The van der Waals surface area contributed by atoms with Gasteiger partial charge in [0, 0.05) is 12.0 Å². The molecule has 0 spiro atoms. The van der Waals surface area contributed by atoms with Gasteiger partial charge in [0.05, 0.1) is 0 Å². The molecule has 0 radical (unpaired) electrons. The van der Waals surface area contributed by atoms with Gasteiger partial charge in [0.25, 0.3) is 0 Å². The normalized spacial score (nSPS) is 15.5. The Hall–Kier alpha value is -1.25. The van der Waals surface area contributed by atoms with E-state index in [1.165, 1.54) is 0 Å². The highest BCUT2D eigenvalue weighted by Crippen LogP contribution is 2.22. The van der Waals surface area contributed by atoms with Crippen LogP contribution in [0.5, 0.6) is 5.75 Å². The number of fused-ring (bicyclic) bond motifs is 1. The van der Waals surface area contributed by atoms with Crippen molar-refractivity contribution in [1.82, 2.24) is 0 Å². The molecule has 0 aliphatic heterocycles. The second-order valence-corrected chi connectivity index (χ2v) is 3.44. The lowest BCUT2D eigenvalue weighted by atomic mass is 9.96. The molecule has 1 aromatic heterocycles. The van der Waals surface area contributed by atoms with Gasteiger partial charge in [0.1, 0.15) is 11.5 Å². The molecular formula is C10H12O3. The van der Waals surface area contributed by atoms with Gasteiger partial charge >= 0.3 is 0 Å². The molecule has 70 valence electrons. The average Bonchev–Trinajstić information content (AvgIpc) is 2.15. The predicted molar refractivity (Wildman–Crippen MR) is 48.0 cm³/mol. The van der Waals surface area contributed by atoms with Crippen molar-refractivity contribution < 1.29 is 9.52 Å². The molecular weight excluding hydrogens is 168 g/mol. The van der Waals surface area contributed by atoms with Gasteiger partial charge in [-0.3, -0.25) is 4.79 Å². The number of hydrogen-bond acceptors (Lipinski definition) is 3. The second kappa shape index (κ2) is 2.91. The summed E-state index contributed by atoms with van der Waals surface area (Å²) < 4.78 is 5.36. The molecule has 0 aromatic carbocycles. The van der Waals surface area contributed by atoms with E-state index in [2.05, 4.69) is 0 Å². The molecule has 3 heteroatoms. The topological polar surface area (TPSA) is 50.4 Å². The van der Waals surface area contributed by atoms with Crippen molar-refractivity contribution in [2.75, 3.05) is 0 Å². The molecule has 13 heavy (non-hydrogen) atoms. The molecule has 1 heterocycles. The molecule has 0 unspecified atom stereocenters. The van der Waals surface area contributed by atoms with E-state index >= 15 is 0 Å². The number of aromatic hydroxyl groups is 1. The zero-order valence-electron chi connectivity index (χ0n) is 7.59. The van der Waals surface area contributed by atoms with Crippen molar-refractivity contribution in [3.63, 3.8) is 0 Å². The van der Waals surface area contributed by atoms with Crippen molar-refractivity contribution in [3.05, 3.63) is 27.3 Å². The largest absolute Gasteiger partial charge is 0.502 e. The highest BCUT2D eigenvalue weighted by atomic mass is 16.4. The maximum Gasteiger partial charge on any atom is 0.230 e. The maximum absolute atomic E-state index is 11.5. The van der Waals surface area contributed by atoms with E-state index in [4.69, 9.17) is 4.42 Å². The van der Waals surface area contributed by atoms with E-state index in [0.29, 0.717) is 11.3 Å². The monoisotopic (exact) mass is 180 g/mol. The Labute approximate surface area is 76.0 Å². The predicted octanol–water partition coefficient (Wildman–Crippen LogP) is 1.53. The Morgan fingerprint density at radius 1 is 1.31 bits per heavy atom. The highest BCUT2D eigenvalue weighted by Gasteiger charge is 2.18. The van der Waals surface area contributed by atoms with E-state index in [1.54, 1.807) is 6.92 Å². The maximum atomic E-state index is 11.5. The van der Waals surface area contributed by atoms with Gasteiger partial charge in [-0.15, -0.1) is 0 Å². The van der Waals surface area contributed by atoms with Gasteiger partial charge in [-0.1, -0.05) is 0 Å². The summed E-state index contributed by atoms with van der Waals surface area (Å²) in [6.07, 6.45) is 3.65. The van der Waals surface area contributed by atoms with Crippen LogP contribution in [-0.2, 0) is 12.8 Å². The zero-order chi connectivity index (χ0) is 9.42. The quantitative estimate of drug-likeness (QED) is 0.658. The minimum atomic E-state index is -0.238. The molecule has 1 aliphatic carbocycles. The van der Waals surface area contributed by atoms with Crippen LogP contribution in [0.4, 0.5) is 0 Å². The molecule has 0 amide bonds. The van der Waals surface area contributed by atoms with Gasteiger partial charge in [-0.25, -0.2) is 0 Å². The van der Waals surface area contributed by atoms with Crippen LogP contribution in [0, 0.1) is 6.92 Å². The average molecular weight is 180 g/mol. The van der Waals surface area contributed by atoms with Crippen molar-refractivity contribution >= 4 is 0 Å². The number of rotatable bonds is 0. The van der Waals surface area contributed by atoms with E-state index < -0.39 is 0 Å². The Morgan fingerprint density at radius 3 is 2.77 bits per heavy atom. The van der Waals surface area contributed by atoms with Crippen LogP contribution in [0.2, 0.25) is 0 Å². The van der Waals surface area contributed by atoms with Crippen LogP contribution in [-0.4, -0.2) is 5.11 Å². The van der Waals surface area contributed by atoms with Gasteiger partial charge in [0.15, 0.2) is 0 Å². The summed E-state index contributed by atoms with van der Waals surface area (Å²) in [6.45, 7) is 1.62. The number of hydrogen-bond donors (Lipinski definition) is 1. The second-order valence-electron chi connectivity index (χ2n) is 3.44. The van der Waals surface area contributed by atoms with Gasteiger partial charge in [-0.2, -0.15) is 0 Å². The Kier molecular flexibility index (Phi) is 1.87. The fraction of sp³-hybridized carbons (Fsp3) is 0.500. The summed E-state index contributed by atoms with van der Waals surface area (Å²) in [5.74, 6) is 0.887. The first-order valence-corrected chi connectivity index (χ1v) is 4.54. The fourth-order valence-corrected chi connectivity index (χ4v) is 1.77. The van der Waals surface area contributed by atoms with E-state index in [9.17, 15) is 9.90 Å². The third kappa shape index (κ3) is 1.24. The first kappa shape index (κ1) is 8.35. The molecule has 0 fully saturated rings. The van der Waals surface area contributed by atoms with E-state index in [-0.39, 0.29) is 11.2 Å². The Morgan fingerprint density at radius 2 is 2.00 bits per heavy atom. The third-order valence-electron chi connectivity index (χ3n) is 2.52. The SMILES string of the molecule is Cc1oc2c(c(=O)c1O)CCCC2. The van der Waals surface area contributed by atoms with Crippen molar-refractivity contribution in [3.8, 4) is 5.75 Å². The smallest absolute Gasteiger partial charge is 0.230 e. The summed E-state index contributed by atoms with van der Waals surface area (Å²) >= 11 is 0. The summed E-state index contributed by atoms with van der Waals surface area (Å²) in [4.78, 5) is 11.5.